The Kier molecular flexibility index (Phi) is 5.58. The van der Waals surface area contributed by atoms with E-state index in [2.05, 4.69) is 110 Å². The first kappa shape index (κ1) is 18.4. The third kappa shape index (κ3) is 3.59. The molecular weight excluding hydrogens is 380 g/mol. The Hall–Kier alpha value is -2.38. The molecule has 0 spiro atoms. The highest BCUT2D eigenvalue weighted by Crippen LogP contribution is 2.21. The third-order valence-corrected chi connectivity index (χ3v) is 5.22. The molecule has 0 bridgehead atoms. The second-order valence-electron chi connectivity index (χ2n) is 6.48. The molecule has 0 aliphatic rings. The lowest BCUT2D eigenvalue weighted by atomic mass is 9.96. The summed E-state index contributed by atoms with van der Waals surface area (Å²) < 4.78 is 1.09. The van der Waals surface area contributed by atoms with E-state index < -0.39 is 0 Å². The predicted molar refractivity (Wildman–Crippen MR) is 121 cm³/mol. The molecule has 0 saturated carbocycles. The van der Waals surface area contributed by atoms with Crippen LogP contribution in [0.2, 0.25) is 0 Å². The van der Waals surface area contributed by atoms with Gasteiger partial charge in [-0.25, -0.2) is 0 Å². The van der Waals surface area contributed by atoms with Gasteiger partial charge in [-0.05, 0) is 68.6 Å². The summed E-state index contributed by atoms with van der Waals surface area (Å²) in [7, 11) is 0. The molecule has 0 fully saturated rings. The van der Waals surface area contributed by atoms with Crippen LogP contribution in [-0.2, 0) is 0 Å². The molecule has 0 heterocycles. The van der Waals surface area contributed by atoms with E-state index in [9.17, 15) is 0 Å². The van der Waals surface area contributed by atoms with Crippen LogP contribution in [0.15, 0.2) is 82.9 Å². The Labute approximate surface area is 163 Å². The highest BCUT2D eigenvalue weighted by atomic mass is 79.9. The van der Waals surface area contributed by atoms with Crippen LogP contribution in [0.5, 0.6) is 0 Å². The molecule has 0 nitrogen and oxygen atoms in total. The normalized spacial score (nSPS) is 13.6. The molecule has 0 amide bonds. The minimum absolute atomic E-state index is 0.997. The van der Waals surface area contributed by atoms with Gasteiger partial charge in [-0.2, -0.15) is 0 Å². The molecule has 1 heteroatoms. The Morgan fingerprint density at radius 1 is 0.962 bits per heavy atom. The molecule has 3 aromatic rings. The first-order valence-electron chi connectivity index (χ1n) is 8.86. The fourth-order valence-electron chi connectivity index (χ4n) is 3.25. The maximum absolute atomic E-state index is 4.39. The van der Waals surface area contributed by atoms with E-state index in [0.29, 0.717) is 0 Å². The number of fused-ring (bicyclic) bond motifs is 3. The maximum Gasteiger partial charge on any atom is 0.0138 e. The highest BCUT2D eigenvalue weighted by molar-refractivity contribution is 9.11. The zero-order chi connectivity index (χ0) is 18.7. The molecule has 3 aromatic carbocycles. The third-order valence-electron chi connectivity index (χ3n) is 4.66. The van der Waals surface area contributed by atoms with Gasteiger partial charge < -0.3 is 0 Å². The molecule has 130 valence electrons. The maximum atomic E-state index is 4.39. The van der Waals surface area contributed by atoms with Gasteiger partial charge in [0.2, 0.25) is 0 Å². The quantitative estimate of drug-likeness (QED) is 0.351. The van der Waals surface area contributed by atoms with Crippen molar-refractivity contribution in [2.24, 2.45) is 0 Å². The van der Waals surface area contributed by atoms with Gasteiger partial charge in [-0.3, -0.25) is 0 Å². The average molecular weight is 403 g/mol. The van der Waals surface area contributed by atoms with Crippen molar-refractivity contribution in [1.29, 1.82) is 0 Å². The standard InChI is InChI=1S/C25H23Br/c1-5-10-20(26)15-17(2)18(3)16-25-19(4)21-11-6-7-12-22(21)23-13-8-9-14-24(23)25/h6-16H,3-5H2,1-2H3/b17-15+,20-10+,25-16+. The number of rotatable bonds is 4. The van der Waals surface area contributed by atoms with E-state index in [0.717, 1.165) is 32.5 Å². The van der Waals surface area contributed by atoms with Gasteiger partial charge in [0.25, 0.3) is 0 Å². The molecule has 26 heavy (non-hydrogen) atoms. The Morgan fingerprint density at radius 2 is 1.50 bits per heavy atom. The Morgan fingerprint density at radius 3 is 2.12 bits per heavy atom. The molecule has 0 aromatic heterocycles. The lowest BCUT2D eigenvalue weighted by Crippen LogP contribution is -2.25. The summed E-state index contributed by atoms with van der Waals surface area (Å²) >= 11 is 3.60. The van der Waals surface area contributed by atoms with Crippen molar-refractivity contribution in [2.75, 3.05) is 0 Å². The summed E-state index contributed by atoms with van der Waals surface area (Å²) in [5, 5.41) is 7.11. The zero-order valence-corrected chi connectivity index (χ0v) is 16.9. The molecule has 0 aliphatic heterocycles. The molecule has 3 rings (SSSR count). The predicted octanol–water partition coefficient (Wildman–Crippen LogP) is 6.38. The summed E-state index contributed by atoms with van der Waals surface area (Å²) in [5.74, 6) is 0. The fraction of sp³-hybridized carbons (Fsp3) is 0.120. The van der Waals surface area contributed by atoms with Gasteiger partial charge in [-0.15, -0.1) is 0 Å². The van der Waals surface area contributed by atoms with Crippen LogP contribution in [0.25, 0.3) is 34.2 Å². The van der Waals surface area contributed by atoms with Gasteiger partial charge in [0.15, 0.2) is 0 Å². The van der Waals surface area contributed by atoms with Gasteiger partial charge in [0.1, 0.15) is 0 Å². The smallest absolute Gasteiger partial charge is 0.0138 e. The first-order chi connectivity index (χ1) is 12.5. The monoisotopic (exact) mass is 402 g/mol. The molecule has 0 N–H and O–H groups in total. The number of hydrogen-bond acceptors (Lipinski definition) is 0. The number of allylic oxidation sites excluding steroid dienone is 5. The number of halogens is 1. The lowest BCUT2D eigenvalue weighted by Gasteiger charge is -2.08. The minimum Gasteiger partial charge on any atom is -0.0915 e. The van der Waals surface area contributed by atoms with Crippen molar-refractivity contribution >= 4 is 50.1 Å². The van der Waals surface area contributed by atoms with Gasteiger partial charge >= 0.3 is 0 Å². The zero-order valence-electron chi connectivity index (χ0n) is 15.4. The molecule has 0 atom stereocenters. The van der Waals surface area contributed by atoms with E-state index in [-0.39, 0.29) is 0 Å². The summed E-state index contributed by atoms with van der Waals surface area (Å²) in [6.45, 7) is 12.9. The van der Waals surface area contributed by atoms with Gasteiger partial charge in [0, 0.05) is 4.48 Å². The Balaban J connectivity index is 2.29. The van der Waals surface area contributed by atoms with Crippen molar-refractivity contribution in [3.63, 3.8) is 0 Å². The fourth-order valence-corrected chi connectivity index (χ4v) is 3.92. The SMILES string of the molecule is C=C(/C=c1\c(=C)c2ccccc2c2ccccc12)/C(C)=C/C(Br)=C\CC. The van der Waals surface area contributed by atoms with E-state index >= 15 is 0 Å². The van der Waals surface area contributed by atoms with E-state index in [1.54, 1.807) is 0 Å². The van der Waals surface area contributed by atoms with Crippen molar-refractivity contribution in [3.8, 4) is 0 Å². The van der Waals surface area contributed by atoms with Crippen LogP contribution in [0.3, 0.4) is 0 Å². The highest BCUT2D eigenvalue weighted by Gasteiger charge is 2.04. The van der Waals surface area contributed by atoms with Crippen LogP contribution in [-0.4, -0.2) is 0 Å². The summed E-state index contributed by atoms with van der Waals surface area (Å²) in [6.07, 6.45) is 7.43. The van der Waals surface area contributed by atoms with Crippen molar-refractivity contribution in [2.45, 2.75) is 20.3 Å². The van der Waals surface area contributed by atoms with Gasteiger partial charge in [0.05, 0.1) is 0 Å². The van der Waals surface area contributed by atoms with Crippen LogP contribution in [0.4, 0.5) is 0 Å². The summed E-state index contributed by atoms with van der Waals surface area (Å²) in [4.78, 5) is 0. The van der Waals surface area contributed by atoms with Crippen molar-refractivity contribution in [1.82, 2.24) is 0 Å². The van der Waals surface area contributed by atoms with Crippen LogP contribution < -0.4 is 10.4 Å². The van der Waals surface area contributed by atoms with Gasteiger partial charge in [-0.1, -0.05) is 90.6 Å². The van der Waals surface area contributed by atoms with E-state index in [4.69, 9.17) is 0 Å². The summed E-state index contributed by atoms with van der Waals surface area (Å²) in [6, 6.07) is 17.0. The van der Waals surface area contributed by atoms with Crippen LogP contribution in [0, 0.1) is 0 Å². The number of benzene rings is 3. The minimum atomic E-state index is 0.997. The first-order valence-corrected chi connectivity index (χ1v) is 9.65. The molecule has 0 unspecified atom stereocenters. The molecular formula is C25H23Br. The largest absolute Gasteiger partial charge is 0.0915 e. The van der Waals surface area contributed by atoms with E-state index in [1.165, 1.54) is 21.5 Å². The second-order valence-corrected chi connectivity index (χ2v) is 7.39. The summed E-state index contributed by atoms with van der Waals surface area (Å²) in [5.41, 5.74) is 2.13. The Bertz CT molecular complexity index is 1160. The van der Waals surface area contributed by atoms with Crippen LogP contribution in [0.1, 0.15) is 20.3 Å². The van der Waals surface area contributed by atoms with E-state index in [1.807, 2.05) is 0 Å². The molecule has 0 saturated heterocycles. The molecule has 0 radical (unpaired) electrons. The topological polar surface area (TPSA) is 0 Å². The van der Waals surface area contributed by atoms with Crippen molar-refractivity contribution in [3.05, 3.63) is 93.3 Å². The lowest BCUT2D eigenvalue weighted by molar-refractivity contribution is 1.22. The average Bonchev–Trinajstić information content (AvgIpc) is 2.65. The van der Waals surface area contributed by atoms with Crippen LogP contribution >= 0.6 is 15.9 Å². The molecule has 0 aliphatic carbocycles. The number of hydrogen-bond donors (Lipinski definition) is 0. The van der Waals surface area contributed by atoms with Crippen molar-refractivity contribution < 1.29 is 0 Å². The second kappa shape index (κ2) is 7.88.